The number of hydrogen-bond donors (Lipinski definition) is 2. The summed E-state index contributed by atoms with van der Waals surface area (Å²) in [7, 11) is 0. The van der Waals surface area contributed by atoms with Crippen molar-refractivity contribution in [2.24, 2.45) is 5.10 Å². The summed E-state index contributed by atoms with van der Waals surface area (Å²) >= 11 is 4.13. The molecule has 7 nitrogen and oxygen atoms in total. The van der Waals surface area contributed by atoms with E-state index >= 15 is 0 Å². The van der Waals surface area contributed by atoms with Crippen molar-refractivity contribution in [3.63, 3.8) is 0 Å². The van der Waals surface area contributed by atoms with Gasteiger partial charge in [0.2, 0.25) is 0 Å². The minimum Gasteiger partial charge on any atom is -0.507 e. The summed E-state index contributed by atoms with van der Waals surface area (Å²) in [6.07, 6.45) is 1.30. The molecule has 1 heterocycles. The smallest absolute Gasteiger partial charge is 0.324 e. The Hall–Kier alpha value is -2.26. The van der Waals surface area contributed by atoms with E-state index < -0.39 is 10.8 Å². The molecule has 2 aromatic rings. The zero-order valence-electron chi connectivity index (χ0n) is 10.3. The van der Waals surface area contributed by atoms with Crippen LogP contribution in [-0.2, 0) is 0 Å². The summed E-state index contributed by atoms with van der Waals surface area (Å²) in [5.41, 5.74) is 2.31. The molecule has 108 valence electrons. The third kappa shape index (κ3) is 3.86. The molecule has 1 aromatic carbocycles. The molecular formula is C12H8BrN3O4S. The van der Waals surface area contributed by atoms with Crippen molar-refractivity contribution < 1.29 is 14.8 Å². The summed E-state index contributed by atoms with van der Waals surface area (Å²) in [4.78, 5) is 22.4. The lowest BCUT2D eigenvalue weighted by molar-refractivity contribution is -0.380. The predicted molar refractivity (Wildman–Crippen MR) is 81.8 cm³/mol. The Balaban J connectivity index is 2.04. The summed E-state index contributed by atoms with van der Waals surface area (Å²) in [5, 5.41) is 23.8. The van der Waals surface area contributed by atoms with Crippen molar-refractivity contribution in [2.45, 2.75) is 0 Å². The molecule has 0 aliphatic heterocycles. The molecule has 0 unspecified atom stereocenters. The highest BCUT2D eigenvalue weighted by molar-refractivity contribution is 9.10. The number of phenolic OH excluding ortho intramolecular Hbond substituents is 1. The van der Waals surface area contributed by atoms with E-state index in [-0.39, 0.29) is 16.3 Å². The van der Waals surface area contributed by atoms with Crippen LogP contribution < -0.4 is 5.43 Å². The molecule has 1 aromatic heterocycles. The number of nitro groups is 1. The standard InChI is InChI=1S/C12H8BrN3O4S/c13-7-1-3-10(17)9(5-7)12(18)15-14-6-8-2-4-11(21-8)16(19)20/h1-6,17H,(H,15,18)/b14-6+. The molecule has 9 heteroatoms. The maximum Gasteiger partial charge on any atom is 0.324 e. The first-order valence-electron chi connectivity index (χ1n) is 5.53. The van der Waals surface area contributed by atoms with Gasteiger partial charge in [0.1, 0.15) is 5.75 Å². The van der Waals surface area contributed by atoms with Crippen LogP contribution in [0.4, 0.5) is 5.00 Å². The van der Waals surface area contributed by atoms with E-state index in [0.717, 1.165) is 11.3 Å². The molecule has 0 radical (unpaired) electrons. The number of rotatable bonds is 4. The molecule has 21 heavy (non-hydrogen) atoms. The number of hydrazone groups is 1. The van der Waals surface area contributed by atoms with Crippen molar-refractivity contribution in [3.05, 3.63) is 55.4 Å². The average Bonchev–Trinajstić information content (AvgIpc) is 2.90. The zero-order valence-corrected chi connectivity index (χ0v) is 12.7. The molecule has 1 amide bonds. The van der Waals surface area contributed by atoms with Gasteiger partial charge in [-0.05, 0) is 24.3 Å². The molecule has 0 fully saturated rings. The molecule has 0 atom stereocenters. The van der Waals surface area contributed by atoms with Gasteiger partial charge in [0.05, 0.1) is 21.6 Å². The first-order chi connectivity index (χ1) is 9.97. The molecular weight excluding hydrogens is 362 g/mol. The van der Waals surface area contributed by atoms with Gasteiger partial charge in [-0.1, -0.05) is 27.3 Å². The van der Waals surface area contributed by atoms with Gasteiger partial charge in [0, 0.05) is 10.5 Å². The molecule has 0 aliphatic rings. The molecule has 2 N–H and O–H groups in total. The van der Waals surface area contributed by atoms with Crippen LogP contribution in [0.15, 0.2) is 39.9 Å². The zero-order chi connectivity index (χ0) is 15.4. The second-order valence-corrected chi connectivity index (χ2v) is 5.80. The third-order valence-corrected chi connectivity index (χ3v) is 3.82. The maximum atomic E-state index is 11.8. The van der Waals surface area contributed by atoms with Crippen molar-refractivity contribution in [3.8, 4) is 5.75 Å². The highest BCUT2D eigenvalue weighted by Gasteiger charge is 2.11. The molecule has 2 rings (SSSR count). The van der Waals surface area contributed by atoms with Gasteiger partial charge in [0.25, 0.3) is 5.91 Å². The Bertz CT molecular complexity index is 729. The number of halogens is 1. The van der Waals surface area contributed by atoms with Gasteiger partial charge in [-0.2, -0.15) is 5.10 Å². The lowest BCUT2D eigenvalue weighted by atomic mass is 10.2. The first kappa shape index (κ1) is 15.1. The third-order valence-electron chi connectivity index (χ3n) is 2.35. The number of nitrogens with zero attached hydrogens (tertiary/aromatic N) is 2. The van der Waals surface area contributed by atoms with Gasteiger partial charge >= 0.3 is 5.00 Å². The minimum absolute atomic E-state index is 0.00703. The number of phenols is 1. The van der Waals surface area contributed by atoms with Crippen LogP contribution in [0.3, 0.4) is 0 Å². The Morgan fingerprint density at radius 1 is 1.43 bits per heavy atom. The lowest BCUT2D eigenvalue weighted by Crippen LogP contribution is -2.17. The normalized spacial score (nSPS) is 10.7. The number of hydrogen-bond acceptors (Lipinski definition) is 6. The molecule has 0 aliphatic carbocycles. The van der Waals surface area contributed by atoms with Crippen LogP contribution >= 0.6 is 27.3 Å². The Labute approximate surface area is 131 Å². The van der Waals surface area contributed by atoms with Crippen molar-refractivity contribution in [2.75, 3.05) is 0 Å². The predicted octanol–water partition coefficient (Wildman–Crippen LogP) is 2.89. The highest BCUT2D eigenvalue weighted by Crippen LogP contribution is 2.23. The van der Waals surface area contributed by atoms with E-state index in [1.54, 1.807) is 6.07 Å². The number of carbonyl (C=O) groups is 1. The first-order valence-corrected chi connectivity index (χ1v) is 7.14. The SMILES string of the molecule is O=C(N/N=C/c1ccc([N+](=O)[O-])s1)c1cc(Br)ccc1O. The van der Waals surface area contributed by atoms with E-state index in [1.807, 2.05) is 0 Å². The van der Waals surface area contributed by atoms with Gasteiger partial charge < -0.3 is 5.11 Å². The van der Waals surface area contributed by atoms with Gasteiger partial charge in [-0.15, -0.1) is 0 Å². The second kappa shape index (κ2) is 6.46. The number of aromatic hydroxyl groups is 1. The average molecular weight is 370 g/mol. The van der Waals surface area contributed by atoms with E-state index in [2.05, 4.69) is 26.5 Å². The van der Waals surface area contributed by atoms with Crippen molar-refractivity contribution in [1.82, 2.24) is 5.43 Å². The van der Waals surface area contributed by atoms with Gasteiger partial charge in [-0.3, -0.25) is 14.9 Å². The minimum atomic E-state index is -0.587. The number of benzene rings is 1. The maximum absolute atomic E-state index is 11.8. The monoisotopic (exact) mass is 369 g/mol. The summed E-state index contributed by atoms with van der Waals surface area (Å²) in [5.74, 6) is -0.756. The van der Waals surface area contributed by atoms with Crippen LogP contribution in [0, 0.1) is 10.1 Å². The summed E-state index contributed by atoms with van der Waals surface area (Å²) in [6, 6.07) is 7.31. The van der Waals surface area contributed by atoms with E-state index in [0.29, 0.717) is 9.35 Å². The number of carbonyl (C=O) groups excluding carboxylic acids is 1. The Morgan fingerprint density at radius 2 is 2.19 bits per heavy atom. The Kier molecular flexibility index (Phi) is 4.66. The van der Waals surface area contributed by atoms with Crippen molar-refractivity contribution in [1.29, 1.82) is 0 Å². The van der Waals surface area contributed by atoms with Gasteiger partial charge in [-0.25, -0.2) is 5.43 Å². The fraction of sp³-hybridized carbons (Fsp3) is 0. The molecule has 0 bridgehead atoms. The lowest BCUT2D eigenvalue weighted by Gasteiger charge is -2.03. The fourth-order valence-electron chi connectivity index (χ4n) is 1.41. The van der Waals surface area contributed by atoms with E-state index in [1.165, 1.54) is 30.5 Å². The molecule has 0 spiro atoms. The Morgan fingerprint density at radius 3 is 2.86 bits per heavy atom. The van der Waals surface area contributed by atoms with E-state index in [4.69, 9.17) is 0 Å². The van der Waals surface area contributed by atoms with E-state index in [9.17, 15) is 20.0 Å². The second-order valence-electron chi connectivity index (χ2n) is 3.79. The van der Waals surface area contributed by atoms with Crippen LogP contribution in [0.25, 0.3) is 0 Å². The quantitative estimate of drug-likeness (QED) is 0.490. The number of amides is 1. The number of thiophene rings is 1. The largest absolute Gasteiger partial charge is 0.507 e. The number of nitrogens with one attached hydrogen (secondary N) is 1. The van der Waals surface area contributed by atoms with Crippen molar-refractivity contribution >= 4 is 44.4 Å². The highest BCUT2D eigenvalue weighted by atomic mass is 79.9. The summed E-state index contributed by atoms with van der Waals surface area (Å²) in [6.45, 7) is 0. The molecule has 0 saturated heterocycles. The van der Waals surface area contributed by atoms with Gasteiger partial charge in [0.15, 0.2) is 0 Å². The molecule has 0 saturated carbocycles. The van der Waals surface area contributed by atoms with Crippen LogP contribution in [0.5, 0.6) is 5.75 Å². The van der Waals surface area contributed by atoms with Crippen LogP contribution in [0.1, 0.15) is 15.2 Å². The summed E-state index contributed by atoms with van der Waals surface area (Å²) < 4.78 is 0.642. The fourth-order valence-corrected chi connectivity index (χ4v) is 2.47. The topological polar surface area (TPSA) is 105 Å². The van der Waals surface area contributed by atoms with Crippen LogP contribution in [-0.4, -0.2) is 22.2 Å². The van der Waals surface area contributed by atoms with Crippen LogP contribution in [0.2, 0.25) is 0 Å².